The zero-order valence-electron chi connectivity index (χ0n) is 12.3. The quantitative estimate of drug-likeness (QED) is 0.569. The lowest BCUT2D eigenvalue weighted by Crippen LogP contribution is -2.09. The van der Waals surface area contributed by atoms with Crippen LogP contribution in [-0.2, 0) is 15.9 Å². The minimum absolute atomic E-state index is 0.364. The summed E-state index contributed by atoms with van der Waals surface area (Å²) in [5.74, 6) is 0.733. The van der Waals surface area contributed by atoms with E-state index in [9.17, 15) is 4.79 Å². The van der Waals surface area contributed by atoms with Crippen molar-refractivity contribution in [1.29, 1.82) is 0 Å². The Kier molecular flexibility index (Phi) is 5.90. The molecule has 1 aromatic rings. The molecule has 0 heterocycles. The molecule has 110 valence electrons. The Bertz CT molecular complexity index is 422. The molecule has 1 aliphatic rings. The van der Waals surface area contributed by atoms with Gasteiger partial charge >= 0.3 is 6.16 Å². The maximum atomic E-state index is 11.1. The van der Waals surface area contributed by atoms with Crippen molar-refractivity contribution >= 4 is 6.16 Å². The summed E-state index contributed by atoms with van der Waals surface area (Å²) in [5, 5.41) is 0. The van der Waals surface area contributed by atoms with Gasteiger partial charge in [-0.05, 0) is 49.7 Å². The summed E-state index contributed by atoms with van der Waals surface area (Å²) in [7, 11) is 0. The summed E-state index contributed by atoms with van der Waals surface area (Å²) < 4.78 is 9.75. The smallest absolute Gasteiger partial charge is 0.435 e. The van der Waals surface area contributed by atoms with Crippen LogP contribution in [0.4, 0.5) is 4.79 Å². The van der Waals surface area contributed by atoms with E-state index in [0.717, 1.165) is 18.8 Å². The molecular weight excluding hydrogens is 252 g/mol. The van der Waals surface area contributed by atoms with Crippen molar-refractivity contribution in [2.75, 3.05) is 13.2 Å². The summed E-state index contributed by atoms with van der Waals surface area (Å²) in [6.45, 7) is 2.57. The molecule has 1 aliphatic carbocycles. The maximum Gasteiger partial charge on any atom is 0.508 e. The molecule has 0 aromatic heterocycles. The monoisotopic (exact) mass is 276 g/mol. The summed E-state index contributed by atoms with van der Waals surface area (Å²) in [4.78, 5) is 11.1. The molecule has 0 atom stereocenters. The van der Waals surface area contributed by atoms with Crippen molar-refractivity contribution in [3.63, 3.8) is 0 Å². The number of carbonyl (C=O) groups is 1. The van der Waals surface area contributed by atoms with Crippen molar-refractivity contribution in [3.05, 3.63) is 35.4 Å². The number of aryl methyl sites for hydroxylation is 1. The lowest BCUT2D eigenvalue weighted by Gasteiger charge is -2.15. The van der Waals surface area contributed by atoms with Gasteiger partial charge in [0.05, 0.1) is 13.2 Å². The van der Waals surface area contributed by atoms with Gasteiger partial charge in [-0.15, -0.1) is 0 Å². The van der Waals surface area contributed by atoms with E-state index in [2.05, 4.69) is 24.3 Å². The van der Waals surface area contributed by atoms with Crippen molar-refractivity contribution in [3.8, 4) is 0 Å². The van der Waals surface area contributed by atoms with Crippen LogP contribution in [0, 0.1) is 0 Å². The molecule has 3 heteroatoms. The van der Waals surface area contributed by atoms with Gasteiger partial charge in [0, 0.05) is 0 Å². The minimum atomic E-state index is -0.559. The highest BCUT2D eigenvalue weighted by Crippen LogP contribution is 2.35. The fraction of sp³-hybridized carbons (Fsp3) is 0.588. The highest BCUT2D eigenvalue weighted by molar-refractivity contribution is 5.59. The van der Waals surface area contributed by atoms with E-state index in [-0.39, 0.29) is 0 Å². The Morgan fingerprint density at radius 2 is 1.95 bits per heavy atom. The number of hydrogen-bond acceptors (Lipinski definition) is 3. The molecule has 1 fully saturated rings. The molecular formula is C17H24O3. The Morgan fingerprint density at radius 1 is 1.20 bits per heavy atom. The van der Waals surface area contributed by atoms with Gasteiger partial charge in [0.2, 0.25) is 0 Å². The molecule has 2 rings (SSSR count). The van der Waals surface area contributed by atoms with Gasteiger partial charge in [0.1, 0.15) is 0 Å². The number of benzene rings is 1. The molecule has 0 radical (unpaired) electrons. The molecule has 1 aromatic carbocycles. The second kappa shape index (κ2) is 7.93. The number of carbonyl (C=O) groups excluding carboxylic acids is 1. The molecule has 0 bridgehead atoms. The minimum Gasteiger partial charge on any atom is -0.435 e. The average Bonchev–Trinajstić information content (AvgIpc) is 2.98. The molecule has 0 saturated heterocycles. The van der Waals surface area contributed by atoms with E-state index in [0.29, 0.717) is 13.2 Å². The lowest BCUT2D eigenvalue weighted by atomic mass is 9.91. The molecule has 0 unspecified atom stereocenters. The van der Waals surface area contributed by atoms with Crippen molar-refractivity contribution in [1.82, 2.24) is 0 Å². The Morgan fingerprint density at radius 3 is 2.70 bits per heavy atom. The van der Waals surface area contributed by atoms with Crippen LogP contribution in [0.2, 0.25) is 0 Å². The lowest BCUT2D eigenvalue weighted by molar-refractivity contribution is 0.0584. The second-order valence-electron chi connectivity index (χ2n) is 5.32. The van der Waals surface area contributed by atoms with Crippen LogP contribution < -0.4 is 0 Å². The van der Waals surface area contributed by atoms with Crippen LogP contribution in [0.25, 0.3) is 0 Å². The van der Waals surface area contributed by atoms with Gasteiger partial charge < -0.3 is 9.47 Å². The number of ether oxygens (including phenoxy) is 2. The second-order valence-corrected chi connectivity index (χ2v) is 5.32. The molecule has 0 amide bonds. The Balaban J connectivity index is 1.82. The van der Waals surface area contributed by atoms with E-state index >= 15 is 0 Å². The van der Waals surface area contributed by atoms with Gasteiger partial charge in [-0.1, -0.05) is 37.1 Å². The first-order valence-electron chi connectivity index (χ1n) is 7.68. The molecule has 0 N–H and O–H groups in total. The predicted molar refractivity (Wildman–Crippen MR) is 78.9 cm³/mol. The van der Waals surface area contributed by atoms with Crippen LogP contribution in [0.15, 0.2) is 24.3 Å². The van der Waals surface area contributed by atoms with Gasteiger partial charge in [0.25, 0.3) is 0 Å². The van der Waals surface area contributed by atoms with Gasteiger partial charge in [0.15, 0.2) is 0 Å². The van der Waals surface area contributed by atoms with E-state index in [1.165, 1.54) is 36.8 Å². The number of rotatable bonds is 6. The van der Waals surface area contributed by atoms with E-state index < -0.39 is 6.16 Å². The highest BCUT2D eigenvalue weighted by atomic mass is 16.7. The van der Waals surface area contributed by atoms with Gasteiger partial charge in [-0.25, -0.2) is 4.79 Å². The number of hydrogen-bond donors (Lipinski definition) is 0. The topological polar surface area (TPSA) is 35.5 Å². The first-order chi connectivity index (χ1) is 9.81. The van der Waals surface area contributed by atoms with Crippen LogP contribution in [-0.4, -0.2) is 19.4 Å². The largest absolute Gasteiger partial charge is 0.508 e. The SMILES string of the molecule is CCOC(=O)OCCCc1ccccc1C1CCCC1. The third-order valence-electron chi connectivity index (χ3n) is 3.92. The normalized spacial score (nSPS) is 15.2. The fourth-order valence-electron chi connectivity index (χ4n) is 2.97. The van der Waals surface area contributed by atoms with Crippen LogP contribution >= 0.6 is 0 Å². The summed E-state index contributed by atoms with van der Waals surface area (Å²) >= 11 is 0. The standard InChI is InChI=1S/C17H24O3/c1-2-19-17(18)20-13-7-11-15-10-5-6-12-16(15)14-8-3-4-9-14/h5-6,10,12,14H,2-4,7-9,11,13H2,1H3. The third-order valence-corrected chi connectivity index (χ3v) is 3.92. The van der Waals surface area contributed by atoms with Crippen LogP contribution in [0.5, 0.6) is 0 Å². The first-order valence-corrected chi connectivity index (χ1v) is 7.68. The zero-order valence-corrected chi connectivity index (χ0v) is 12.3. The first kappa shape index (κ1) is 14.9. The van der Waals surface area contributed by atoms with E-state index in [1.54, 1.807) is 6.92 Å². The Hall–Kier alpha value is -1.51. The predicted octanol–water partition coefficient (Wildman–Crippen LogP) is 4.45. The zero-order chi connectivity index (χ0) is 14.2. The summed E-state index contributed by atoms with van der Waals surface area (Å²) in [5.41, 5.74) is 2.91. The highest BCUT2D eigenvalue weighted by Gasteiger charge is 2.19. The van der Waals surface area contributed by atoms with Crippen LogP contribution in [0.3, 0.4) is 0 Å². The summed E-state index contributed by atoms with van der Waals surface area (Å²) in [6, 6.07) is 8.70. The molecule has 0 spiro atoms. The molecule has 1 saturated carbocycles. The van der Waals surface area contributed by atoms with Crippen molar-refractivity contribution in [2.45, 2.75) is 51.4 Å². The maximum absolute atomic E-state index is 11.1. The fourth-order valence-corrected chi connectivity index (χ4v) is 2.97. The van der Waals surface area contributed by atoms with E-state index in [4.69, 9.17) is 9.47 Å². The van der Waals surface area contributed by atoms with Crippen molar-refractivity contribution < 1.29 is 14.3 Å². The van der Waals surface area contributed by atoms with Crippen LogP contribution in [0.1, 0.15) is 56.1 Å². The van der Waals surface area contributed by atoms with Gasteiger partial charge in [-0.3, -0.25) is 0 Å². The van der Waals surface area contributed by atoms with E-state index in [1.807, 2.05) is 0 Å². The molecule has 20 heavy (non-hydrogen) atoms. The van der Waals surface area contributed by atoms with Crippen molar-refractivity contribution in [2.24, 2.45) is 0 Å². The van der Waals surface area contributed by atoms with Gasteiger partial charge in [-0.2, -0.15) is 0 Å². The average molecular weight is 276 g/mol. The molecule has 0 aliphatic heterocycles. The summed E-state index contributed by atoms with van der Waals surface area (Å²) in [6.07, 6.45) is 6.59. The Labute approximate surface area is 121 Å². The third kappa shape index (κ3) is 4.26. The molecule has 3 nitrogen and oxygen atoms in total.